The van der Waals surface area contributed by atoms with E-state index in [1.54, 1.807) is 0 Å². The molecule has 0 spiro atoms. The molecule has 0 aliphatic carbocycles. The third kappa shape index (κ3) is 5.60. The van der Waals surface area contributed by atoms with E-state index < -0.39 is 0 Å². The third-order valence-electron chi connectivity index (χ3n) is 2.23. The van der Waals surface area contributed by atoms with Gasteiger partial charge in [-0.1, -0.05) is 6.92 Å². The van der Waals surface area contributed by atoms with E-state index in [4.69, 9.17) is 4.42 Å². The van der Waals surface area contributed by atoms with Crippen LogP contribution >= 0.6 is 0 Å². The third-order valence-corrected chi connectivity index (χ3v) is 2.23. The van der Waals surface area contributed by atoms with Crippen LogP contribution in [-0.2, 0) is 6.54 Å². The van der Waals surface area contributed by atoms with Gasteiger partial charge in [0, 0.05) is 0 Å². The highest BCUT2D eigenvalue weighted by Crippen LogP contribution is 2.04. The minimum atomic E-state index is 0.835. The minimum Gasteiger partial charge on any atom is -0.465 e. The van der Waals surface area contributed by atoms with Gasteiger partial charge in [-0.2, -0.15) is 0 Å². The zero-order valence-electron chi connectivity index (χ0n) is 9.81. The van der Waals surface area contributed by atoms with Crippen molar-refractivity contribution in [3.63, 3.8) is 0 Å². The van der Waals surface area contributed by atoms with Gasteiger partial charge in [0.15, 0.2) is 0 Å². The smallest absolute Gasteiger partial charge is 0.117 e. The van der Waals surface area contributed by atoms with Crippen LogP contribution in [0.25, 0.3) is 0 Å². The van der Waals surface area contributed by atoms with Crippen molar-refractivity contribution in [3.8, 4) is 0 Å². The minimum absolute atomic E-state index is 0.835. The summed E-state index contributed by atoms with van der Waals surface area (Å²) in [7, 11) is 0. The monoisotopic (exact) mass is 210 g/mol. The van der Waals surface area contributed by atoms with Crippen LogP contribution < -0.4 is 10.6 Å². The fourth-order valence-electron chi connectivity index (χ4n) is 1.43. The fraction of sp³-hybridized carbons (Fsp3) is 0.667. The molecule has 3 heteroatoms. The Bertz CT molecular complexity index is 258. The first-order chi connectivity index (χ1) is 7.33. The molecular weight excluding hydrogens is 188 g/mol. The second-order valence-corrected chi connectivity index (χ2v) is 3.79. The van der Waals surface area contributed by atoms with Crippen molar-refractivity contribution in [1.82, 2.24) is 10.6 Å². The molecule has 15 heavy (non-hydrogen) atoms. The summed E-state index contributed by atoms with van der Waals surface area (Å²) in [5.74, 6) is 2.01. The number of furan rings is 1. The highest BCUT2D eigenvalue weighted by molar-refractivity contribution is 5.04. The van der Waals surface area contributed by atoms with Gasteiger partial charge in [-0.15, -0.1) is 0 Å². The Morgan fingerprint density at radius 3 is 2.60 bits per heavy atom. The van der Waals surface area contributed by atoms with Crippen LogP contribution in [0, 0.1) is 6.92 Å². The van der Waals surface area contributed by atoms with Gasteiger partial charge in [-0.05, 0) is 51.5 Å². The van der Waals surface area contributed by atoms with E-state index in [0.29, 0.717) is 0 Å². The average Bonchev–Trinajstić information content (AvgIpc) is 2.63. The summed E-state index contributed by atoms with van der Waals surface area (Å²) in [4.78, 5) is 0. The highest BCUT2D eigenvalue weighted by atomic mass is 16.3. The molecule has 0 amide bonds. The zero-order chi connectivity index (χ0) is 10.9. The van der Waals surface area contributed by atoms with Crippen LogP contribution in [0.3, 0.4) is 0 Å². The second-order valence-electron chi connectivity index (χ2n) is 3.79. The number of aryl methyl sites for hydroxylation is 1. The second kappa shape index (κ2) is 7.49. The topological polar surface area (TPSA) is 37.2 Å². The number of hydrogen-bond donors (Lipinski definition) is 2. The van der Waals surface area contributed by atoms with Crippen molar-refractivity contribution in [2.24, 2.45) is 0 Å². The van der Waals surface area contributed by atoms with Crippen molar-refractivity contribution in [1.29, 1.82) is 0 Å². The van der Waals surface area contributed by atoms with Crippen LogP contribution in [0.1, 0.15) is 31.3 Å². The van der Waals surface area contributed by atoms with Gasteiger partial charge in [0.05, 0.1) is 6.54 Å². The maximum absolute atomic E-state index is 5.45. The van der Waals surface area contributed by atoms with Crippen molar-refractivity contribution in [2.45, 2.75) is 33.2 Å². The van der Waals surface area contributed by atoms with E-state index in [2.05, 4.69) is 17.6 Å². The lowest BCUT2D eigenvalue weighted by molar-refractivity contribution is 0.459. The van der Waals surface area contributed by atoms with Crippen molar-refractivity contribution >= 4 is 0 Å². The molecule has 0 atom stereocenters. The molecule has 86 valence electrons. The van der Waals surface area contributed by atoms with Crippen LogP contribution in [0.4, 0.5) is 0 Å². The molecule has 1 aromatic heterocycles. The molecular formula is C12H22N2O. The molecule has 0 aromatic carbocycles. The Hall–Kier alpha value is -0.800. The molecule has 1 heterocycles. The van der Waals surface area contributed by atoms with Gasteiger partial charge in [0.25, 0.3) is 0 Å². The standard InChI is InChI=1S/C12H22N2O/c1-3-7-13-8-4-9-14-10-12-6-5-11(2)15-12/h5-6,13-14H,3-4,7-10H2,1-2H3. The molecule has 1 aromatic rings. The predicted molar refractivity (Wildman–Crippen MR) is 62.9 cm³/mol. The molecule has 0 aliphatic rings. The molecule has 0 fully saturated rings. The van der Waals surface area contributed by atoms with Crippen molar-refractivity contribution in [3.05, 3.63) is 23.7 Å². The predicted octanol–water partition coefficient (Wildman–Crippen LogP) is 2.07. The van der Waals surface area contributed by atoms with Crippen LogP contribution in [0.5, 0.6) is 0 Å². The summed E-state index contributed by atoms with van der Waals surface area (Å²) in [6.45, 7) is 8.25. The molecule has 0 bridgehead atoms. The van der Waals surface area contributed by atoms with E-state index in [9.17, 15) is 0 Å². The maximum Gasteiger partial charge on any atom is 0.117 e. The summed E-state index contributed by atoms with van der Waals surface area (Å²) >= 11 is 0. The molecule has 0 saturated carbocycles. The Balaban J connectivity index is 1.93. The van der Waals surface area contributed by atoms with Gasteiger partial charge in [-0.25, -0.2) is 0 Å². The quantitative estimate of drug-likeness (QED) is 0.645. The molecule has 0 unspecified atom stereocenters. The Kier molecular flexibility index (Phi) is 6.12. The average molecular weight is 210 g/mol. The van der Waals surface area contributed by atoms with Gasteiger partial charge < -0.3 is 15.1 Å². The van der Waals surface area contributed by atoms with E-state index in [1.807, 2.05) is 19.1 Å². The first-order valence-electron chi connectivity index (χ1n) is 5.79. The van der Waals surface area contributed by atoms with Crippen molar-refractivity contribution < 1.29 is 4.42 Å². The zero-order valence-corrected chi connectivity index (χ0v) is 9.81. The van der Waals surface area contributed by atoms with Crippen LogP contribution in [0.15, 0.2) is 16.5 Å². The summed E-state index contributed by atoms with van der Waals surface area (Å²) < 4.78 is 5.45. The van der Waals surface area contributed by atoms with Crippen LogP contribution in [-0.4, -0.2) is 19.6 Å². The Labute approximate surface area is 92.2 Å². The molecule has 1 rings (SSSR count). The van der Waals surface area contributed by atoms with E-state index in [-0.39, 0.29) is 0 Å². The van der Waals surface area contributed by atoms with Gasteiger partial charge in [-0.3, -0.25) is 0 Å². The summed E-state index contributed by atoms with van der Waals surface area (Å²) in [6, 6.07) is 4.03. The number of hydrogen-bond acceptors (Lipinski definition) is 3. The summed E-state index contributed by atoms with van der Waals surface area (Å²) in [5, 5.41) is 6.73. The van der Waals surface area contributed by atoms with Gasteiger partial charge in [0.1, 0.15) is 11.5 Å². The molecule has 3 nitrogen and oxygen atoms in total. The van der Waals surface area contributed by atoms with E-state index >= 15 is 0 Å². The Morgan fingerprint density at radius 1 is 1.13 bits per heavy atom. The van der Waals surface area contributed by atoms with Gasteiger partial charge >= 0.3 is 0 Å². The molecule has 2 N–H and O–H groups in total. The van der Waals surface area contributed by atoms with Crippen LogP contribution in [0.2, 0.25) is 0 Å². The lowest BCUT2D eigenvalue weighted by Crippen LogP contribution is -2.22. The number of rotatable bonds is 8. The largest absolute Gasteiger partial charge is 0.465 e. The summed E-state index contributed by atoms with van der Waals surface area (Å²) in [5.41, 5.74) is 0. The Morgan fingerprint density at radius 2 is 1.93 bits per heavy atom. The van der Waals surface area contributed by atoms with Gasteiger partial charge in [0.2, 0.25) is 0 Å². The molecule has 0 radical (unpaired) electrons. The normalized spacial score (nSPS) is 10.8. The van der Waals surface area contributed by atoms with E-state index in [0.717, 1.165) is 37.7 Å². The highest BCUT2D eigenvalue weighted by Gasteiger charge is 1.96. The molecule has 0 aliphatic heterocycles. The first kappa shape index (κ1) is 12.3. The fourth-order valence-corrected chi connectivity index (χ4v) is 1.43. The lowest BCUT2D eigenvalue weighted by atomic mass is 10.3. The van der Waals surface area contributed by atoms with E-state index in [1.165, 1.54) is 12.8 Å². The first-order valence-corrected chi connectivity index (χ1v) is 5.79. The number of nitrogens with one attached hydrogen (secondary N) is 2. The lowest BCUT2D eigenvalue weighted by Gasteiger charge is -2.03. The maximum atomic E-state index is 5.45. The summed E-state index contributed by atoms with van der Waals surface area (Å²) in [6.07, 6.45) is 2.37. The molecule has 0 saturated heterocycles. The van der Waals surface area contributed by atoms with Crippen molar-refractivity contribution in [2.75, 3.05) is 19.6 Å². The SMILES string of the molecule is CCCNCCCNCc1ccc(C)o1.